The van der Waals surface area contributed by atoms with Crippen LogP contribution in [0.3, 0.4) is 0 Å². The summed E-state index contributed by atoms with van der Waals surface area (Å²) in [6.45, 7) is 4.93. The van der Waals surface area contributed by atoms with Crippen LogP contribution in [0.5, 0.6) is 0 Å². The molecule has 3 heterocycles. The second-order valence-electron chi connectivity index (χ2n) is 25.0. The highest BCUT2D eigenvalue weighted by Crippen LogP contribution is 2.60. The predicted octanol–water partition coefficient (Wildman–Crippen LogP) is 23.4. The lowest BCUT2D eigenvalue weighted by atomic mass is 9.77. The van der Waals surface area contributed by atoms with E-state index in [9.17, 15) is 0 Å². The Morgan fingerprint density at radius 2 is 0.849 bits per heavy atom. The number of hydrogen-bond acceptors (Lipinski definition) is 4. The molecule has 0 radical (unpaired) electrons. The minimum atomic E-state index is -0.406. The molecule has 1 aliphatic carbocycles. The molecular formula is C88H59N5. The van der Waals surface area contributed by atoms with E-state index in [1.54, 1.807) is 0 Å². The molecule has 0 aliphatic heterocycles. The molecule has 93 heavy (non-hydrogen) atoms. The van der Waals surface area contributed by atoms with E-state index in [0.29, 0.717) is 5.82 Å². The van der Waals surface area contributed by atoms with Crippen molar-refractivity contribution in [2.75, 3.05) is 4.90 Å². The lowest BCUT2D eigenvalue weighted by Crippen LogP contribution is -2.16. The monoisotopic (exact) mass is 1190 g/mol. The molecule has 0 saturated heterocycles. The van der Waals surface area contributed by atoms with Crippen LogP contribution >= 0.6 is 0 Å². The van der Waals surface area contributed by atoms with Crippen LogP contribution in [-0.2, 0) is 5.41 Å². The SMILES string of the molecule is CC1(C)c2c(c3c4cc(-c5cccc(N(c6ccc(-c7ccccc7)cc6)c6ccccc6-c6ccccc6)c5)ccc4n(-c4ccc(-c5cc(-c6ccccc6)nc(-c6ccccc6)n5)cn4)c3c3ccccc23)-c2ccc3c4ccccc4c4ccccc4c3c21. The maximum atomic E-state index is 5.50. The van der Waals surface area contributed by atoms with Gasteiger partial charge in [-0.05, 0) is 148 Å². The first-order chi connectivity index (χ1) is 45.9. The molecule has 14 aromatic carbocycles. The number of benzene rings is 14. The van der Waals surface area contributed by atoms with Gasteiger partial charge in [0.1, 0.15) is 5.82 Å². The van der Waals surface area contributed by atoms with E-state index >= 15 is 0 Å². The van der Waals surface area contributed by atoms with Crippen molar-refractivity contribution in [3.63, 3.8) is 0 Å². The van der Waals surface area contributed by atoms with Crippen molar-refractivity contribution in [2.24, 2.45) is 0 Å². The summed E-state index contributed by atoms with van der Waals surface area (Å²) in [4.78, 5) is 18.3. The number of hydrogen-bond donors (Lipinski definition) is 0. The Morgan fingerprint density at radius 3 is 1.54 bits per heavy atom. The zero-order chi connectivity index (χ0) is 61.7. The summed E-state index contributed by atoms with van der Waals surface area (Å²) in [6.07, 6.45) is 1.99. The van der Waals surface area contributed by atoms with Gasteiger partial charge in [-0.2, -0.15) is 0 Å². The second-order valence-corrected chi connectivity index (χ2v) is 25.0. The summed E-state index contributed by atoms with van der Waals surface area (Å²) in [7, 11) is 0. The fraction of sp³-hybridized carbons (Fsp3) is 0.0341. The third kappa shape index (κ3) is 8.73. The highest BCUT2D eigenvalue weighted by atomic mass is 15.1. The molecule has 0 atom stereocenters. The number of pyridine rings is 1. The third-order valence-corrected chi connectivity index (χ3v) is 19.3. The maximum Gasteiger partial charge on any atom is 0.160 e. The van der Waals surface area contributed by atoms with E-state index < -0.39 is 5.41 Å². The van der Waals surface area contributed by atoms with Crippen molar-refractivity contribution in [2.45, 2.75) is 19.3 Å². The lowest BCUT2D eigenvalue weighted by Gasteiger charge is -2.28. The van der Waals surface area contributed by atoms with Gasteiger partial charge >= 0.3 is 0 Å². The number of aromatic nitrogens is 4. The molecule has 1 aliphatic rings. The van der Waals surface area contributed by atoms with E-state index in [-0.39, 0.29) is 0 Å². The van der Waals surface area contributed by atoms with Gasteiger partial charge in [-0.25, -0.2) is 15.0 Å². The Bertz CT molecular complexity index is 5710. The Hall–Kier alpha value is -12.1. The molecule has 0 spiro atoms. The average molecular weight is 1190 g/mol. The Morgan fingerprint density at radius 1 is 0.323 bits per heavy atom. The summed E-state index contributed by atoms with van der Waals surface area (Å²) >= 11 is 0. The first-order valence-electron chi connectivity index (χ1n) is 32.0. The zero-order valence-corrected chi connectivity index (χ0v) is 51.3. The van der Waals surface area contributed by atoms with Gasteiger partial charge in [0.25, 0.3) is 0 Å². The smallest absolute Gasteiger partial charge is 0.160 e. The average Bonchev–Trinajstić information content (AvgIpc) is 1.52. The Labute approximate surface area is 539 Å². The molecule has 0 saturated carbocycles. The van der Waals surface area contributed by atoms with Crippen LogP contribution in [0.4, 0.5) is 17.1 Å². The van der Waals surface area contributed by atoms with Crippen molar-refractivity contribution < 1.29 is 0 Å². The largest absolute Gasteiger partial charge is 0.310 e. The van der Waals surface area contributed by atoms with E-state index in [1.807, 2.05) is 30.5 Å². The summed E-state index contributed by atoms with van der Waals surface area (Å²) in [6, 6.07) is 114. The van der Waals surface area contributed by atoms with Crippen LogP contribution in [0.2, 0.25) is 0 Å². The molecule has 0 unspecified atom stereocenters. The van der Waals surface area contributed by atoms with Gasteiger partial charge in [-0.3, -0.25) is 4.57 Å². The van der Waals surface area contributed by atoms with Gasteiger partial charge in [0.05, 0.1) is 28.1 Å². The van der Waals surface area contributed by atoms with Gasteiger partial charge in [0.2, 0.25) is 0 Å². The van der Waals surface area contributed by atoms with Crippen LogP contribution < -0.4 is 4.90 Å². The van der Waals surface area contributed by atoms with E-state index in [4.69, 9.17) is 15.0 Å². The predicted molar refractivity (Wildman–Crippen MR) is 389 cm³/mol. The van der Waals surface area contributed by atoms with Crippen LogP contribution in [0.1, 0.15) is 25.0 Å². The molecule has 0 bridgehead atoms. The zero-order valence-electron chi connectivity index (χ0n) is 51.3. The quantitative estimate of drug-likeness (QED) is 0.128. The Kier molecular flexibility index (Phi) is 12.5. The third-order valence-electron chi connectivity index (χ3n) is 19.3. The summed E-state index contributed by atoms with van der Waals surface area (Å²) in [5.41, 5.74) is 21.7. The minimum absolute atomic E-state index is 0.406. The van der Waals surface area contributed by atoms with Crippen LogP contribution in [-0.4, -0.2) is 19.5 Å². The fourth-order valence-electron chi connectivity index (χ4n) is 15.2. The van der Waals surface area contributed by atoms with E-state index in [1.165, 1.54) is 81.9 Å². The second kappa shape index (κ2) is 21.6. The number of anilines is 3. The van der Waals surface area contributed by atoms with E-state index in [2.05, 4.69) is 315 Å². The van der Waals surface area contributed by atoms with Crippen molar-refractivity contribution >= 4 is 82.0 Å². The highest BCUT2D eigenvalue weighted by molar-refractivity contribution is 6.31. The van der Waals surface area contributed by atoms with Crippen molar-refractivity contribution in [3.05, 3.63) is 333 Å². The molecule has 5 nitrogen and oxygen atoms in total. The van der Waals surface area contributed by atoms with Crippen LogP contribution in [0.15, 0.2) is 322 Å². The summed E-state index contributed by atoms with van der Waals surface area (Å²) < 4.78 is 2.43. The molecule has 0 fully saturated rings. The molecule has 17 aromatic rings. The number of nitrogens with zero attached hydrogens (tertiary/aromatic N) is 5. The molecule has 0 N–H and O–H groups in total. The molecular weight excluding hydrogens is 1130 g/mol. The lowest BCUT2D eigenvalue weighted by molar-refractivity contribution is 0.673. The number of fused-ring (bicyclic) bond motifs is 17. The fourth-order valence-corrected chi connectivity index (χ4v) is 15.2. The number of rotatable bonds is 10. The first kappa shape index (κ1) is 53.9. The van der Waals surface area contributed by atoms with Gasteiger partial charge in [-0.15, -0.1) is 0 Å². The Balaban J connectivity index is 0.877. The van der Waals surface area contributed by atoms with Gasteiger partial charge < -0.3 is 4.90 Å². The van der Waals surface area contributed by atoms with Crippen molar-refractivity contribution in [1.82, 2.24) is 19.5 Å². The van der Waals surface area contributed by atoms with Gasteiger partial charge in [0.15, 0.2) is 5.82 Å². The molecule has 3 aromatic heterocycles. The van der Waals surface area contributed by atoms with Crippen molar-refractivity contribution in [3.8, 4) is 84.2 Å². The molecule has 0 amide bonds. The van der Waals surface area contributed by atoms with Gasteiger partial charge in [-0.1, -0.05) is 269 Å². The summed E-state index contributed by atoms with van der Waals surface area (Å²) in [5, 5.41) is 12.5. The van der Waals surface area contributed by atoms with Crippen LogP contribution in [0.25, 0.3) is 149 Å². The van der Waals surface area contributed by atoms with Gasteiger partial charge in [0, 0.05) is 61.4 Å². The highest BCUT2D eigenvalue weighted by Gasteiger charge is 2.42. The van der Waals surface area contributed by atoms with Crippen LogP contribution in [0, 0.1) is 0 Å². The molecule has 18 rings (SSSR count). The maximum absolute atomic E-state index is 5.50. The first-order valence-corrected chi connectivity index (χ1v) is 32.0. The standard InChI is InChI=1S/C88H59N5/c1-88(2)84-72-39-19-20-40-73(72)86-83(82(84)74-49-48-71-69-37-16-15-35-67(69)68-36-17-18-38-70(68)81(71)85(74)88)75-53-62(44-50-79(75)93(86)80-51-45-63(55-89-80)77-54-76(59-28-11-5-12-29-59)90-87(91-77)60-30-13-6-14-31-60)61-32-23-33-65(52-61)92(64-46-42-57(43-47-64)56-24-7-3-8-25-56)78-41-22-21-34-66(78)58-26-9-4-10-27-58/h3-55H,1-2H3. The normalized spacial score (nSPS) is 12.5. The number of para-hydroxylation sites is 1. The summed E-state index contributed by atoms with van der Waals surface area (Å²) in [5.74, 6) is 1.48. The van der Waals surface area contributed by atoms with Crippen molar-refractivity contribution in [1.29, 1.82) is 0 Å². The minimum Gasteiger partial charge on any atom is -0.310 e. The molecule has 5 heteroatoms. The molecule has 436 valence electrons. The topological polar surface area (TPSA) is 46.8 Å². The van der Waals surface area contributed by atoms with E-state index in [0.717, 1.165) is 89.6 Å².